The number of benzene rings is 1. The zero-order valence-electron chi connectivity index (χ0n) is 11.1. The quantitative estimate of drug-likeness (QED) is 0.874. The molecule has 19 heavy (non-hydrogen) atoms. The standard InChI is InChI=1S/C13H20ClFN4/c1-18-4-6-19(7-5-18)17-13(9-16)11-3-2-10(15)8-12(11)14/h2-3,8,13,17H,4-7,9,16H2,1H3. The van der Waals surface area contributed by atoms with Crippen LogP contribution in [0, 0.1) is 5.82 Å². The summed E-state index contributed by atoms with van der Waals surface area (Å²) in [5, 5.41) is 2.56. The molecule has 0 aliphatic carbocycles. The van der Waals surface area contributed by atoms with Crippen LogP contribution in [0.2, 0.25) is 5.02 Å². The zero-order valence-corrected chi connectivity index (χ0v) is 11.8. The summed E-state index contributed by atoms with van der Waals surface area (Å²) >= 11 is 6.08. The Morgan fingerprint density at radius 2 is 2.05 bits per heavy atom. The fraction of sp³-hybridized carbons (Fsp3) is 0.538. The maximum absolute atomic E-state index is 13.1. The number of hydrazine groups is 1. The van der Waals surface area contributed by atoms with Gasteiger partial charge in [0.25, 0.3) is 0 Å². The summed E-state index contributed by atoms with van der Waals surface area (Å²) in [6.07, 6.45) is 0. The Balaban J connectivity index is 2.03. The zero-order chi connectivity index (χ0) is 13.8. The molecule has 1 unspecified atom stereocenters. The van der Waals surface area contributed by atoms with Gasteiger partial charge in [-0.05, 0) is 24.7 Å². The van der Waals surface area contributed by atoms with Gasteiger partial charge in [0.1, 0.15) is 5.82 Å². The van der Waals surface area contributed by atoms with Crippen LogP contribution in [-0.4, -0.2) is 49.7 Å². The Labute approximate surface area is 118 Å². The van der Waals surface area contributed by atoms with Gasteiger partial charge in [-0.25, -0.2) is 14.8 Å². The fourth-order valence-electron chi connectivity index (χ4n) is 2.19. The molecule has 0 spiro atoms. The van der Waals surface area contributed by atoms with Gasteiger partial charge in [0.15, 0.2) is 0 Å². The lowest BCUT2D eigenvalue weighted by Crippen LogP contribution is -2.52. The average molecular weight is 287 g/mol. The molecular formula is C13H20ClFN4. The van der Waals surface area contributed by atoms with Crippen LogP contribution >= 0.6 is 11.6 Å². The van der Waals surface area contributed by atoms with Crippen molar-refractivity contribution in [3.05, 3.63) is 34.6 Å². The van der Waals surface area contributed by atoms with Gasteiger partial charge < -0.3 is 10.6 Å². The van der Waals surface area contributed by atoms with Gasteiger partial charge in [0.05, 0.1) is 6.04 Å². The highest BCUT2D eigenvalue weighted by Gasteiger charge is 2.19. The molecule has 0 aromatic heterocycles. The van der Waals surface area contributed by atoms with E-state index in [9.17, 15) is 4.39 Å². The number of rotatable bonds is 4. The molecule has 1 heterocycles. The second kappa shape index (κ2) is 6.63. The molecule has 4 nitrogen and oxygen atoms in total. The third-order valence-corrected chi connectivity index (χ3v) is 3.74. The molecule has 1 aromatic carbocycles. The maximum Gasteiger partial charge on any atom is 0.124 e. The van der Waals surface area contributed by atoms with Crippen LogP contribution in [0.25, 0.3) is 0 Å². The molecule has 1 saturated heterocycles. The first-order valence-electron chi connectivity index (χ1n) is 6.45. The molecule has 1 fully saturated rings. The Morgan fingerprint density at radius 3 is 2.63 bits per heavy atom. The van der Waals surface area contributed by atoms with Crippen LogP contribution in [0.5, 0.6) is 0 Å². The highest BCUT2D eigenvalue weighted by Crippen LogP contribution is 2.23. The van der Waals surface area contributed by atoms with E-state index in [2.05, 4.69) is 22.4 Å². The molecule has 0 radical (unpaired) electrons. The second-order valence-electron chi connectivity index (χ2n) is 4.87. The van der Waals surface area contributed by atoms with E-state index in [1.165, 1.54) is 12.1 Å². The van der Waals surface area contributed by atoms with E-state index in [0.29, 0.717) is 11.6 Å². The van der Waals surface area contributed by atoms with Crippen molar-refractivity contribution in [2.24, 2.45) is 5.73 Å². The van der Waals surface area contributed by atoms with Crippen LogP contribution < -0.4 is 11.2 Å². The largest absolute Gasteiger partial charge is 0.329 e. The molecule has 0 amide bonds. The van der Waals surface area contributed by atoms with Gasteiger partial charge in [-0.15, -0.1) is 0 Å². The van der Waals surface area contributed by atoms with Crippen LogP contribution in [-0.2, 0) is 0 Å². The monoisotopic (exact) mass is 286 g/mol. The van der Waals surface area contributed by atoms with Crippen molar-refractivity contribution in [1.82, 2.24) is 15.3 Å². The molecule has 6 heteroatoms. The molecule has 0 saturated carbocycles. The Kier molecular flexibility index (Phi) is 5.13. The minimum atomic E-state index is -0.330. The second-order valence-corrected chi connectivity index (χ2v) is 5.28. The first kappa shape index (κ1) is 14.7. The highest BCUT2D eigenvalue weighted by molar-refractivity contribution is 6.31. The lowest BCUT2D eigenvalue weighted by Gasteiger charge is -2.35. The van der Waals surface area contributed by atoms with E-state index >= 15 is 0 Å². The van der Waals surface area contributed by atoms with Gasteiger partial charge >= 0.3 is 0 Å². The highest BCUT2D eigenvalue weighted by atomic mass is 35.5. The van der Waals surface area contributed by atoms with E-state index in [1.807, 2.05) is 0 Å². The number of nitrogens with two attached hydrogens (primary N) is 1. The Morgan fingerprint density at radius 1 is 1.37 bits per heavy atom. The Bertz CT molecular complexity index is 421. The number of hydrogen-bond acceptors (Lipinski definition) is 4. The van der Waals surface area contributed by atoms with Crippen molar-refractivity contribution in [3.8, 4) is 0 Å². The van der Waals surface area contributed by atoms with E-state index in [0.717, 1.165) is 31.7 Å². The van der Waals surface area contributed by atoms with E-state index in [4.69, 9.17) is 17.3 Å². The van der Waals surface area contributed by atoms with Crippen molar-refractivity contribution in [1.29, 1.82) is 0 Å². The number of likely N-dealkylation sites (N-methyl/N-ethyl adjacent to an activating group) is 1. The first-order valence-corrected chi connectivity index (χ1v) is 6.82. The predicted octanol–water partition coefficient (Wildman–Crippen LogP) is 1.23. The first-order chi connectivity index (χ1) is 9.10. The van der Waals surface area contributed by atoms with E-state index in [-0.39, 0.29) is 11.9 Å². The molecule has 2 rings (SSSR count). The van der Waals surface area contributed by atoms with E-state index in [1.54, 1.807) is 6.07 Å². The third kappa shape index (κ3) is 3.87. The van der Waals surface area contributed by atoms with Crippen molar-refractivity contribution in [2.45, 2.75) is 6.04 Å². The molecule has 1 aromatic rings. The Hall–Kier alpha value is -0.720. The number of piperazine rings is 1. The minimum absolute atomic E-state index is 0.0866. The predicted molar refractivity (Wildman–Crippen MR) is 75.4 cm³/mol. The third-order valence-electron chi connectivity index (χ3n) is 3.42. The smallest absolute Gasteiger partial charge is 0.124 e. The fourth-order valence-corrected chi connectivity index (χ4v) is 2.49. The SMILES string of the molecule is CN1CCN(NC(CN)c2ccc(F)cc2Cl)CC1. The molecule has 3 N–H and O–H groups in total. The summed E-state index contributed by atoms with van der Waals surface area (Å²) in [6, 6.07) is 4.34. The van der Waals surface area contributed by atoms with Crippen molar-refractivity contribution in [3.63, 3.8) is 0 Å². The molecule has 1 atom stereocenters. The summed E-state index contributed by atoms with van der Waals surface area (Å²) < 4.78 is 13.1. The summed E-state index contributed by atoms with van der Waals surface area (Å²) in [5.41, 5.74) is 10.0. The molecule has 1 aliphatic heterocycles. The normalized spacial score (nSPS) is 19.6. The van der Waals surface area contributed by atoms with Crippen LogP contribution in [0.4, 0.5) is 4.39 Å². The van der Waals surface area contributed by atoms with Gasteiger partial charge in [0.2, 0.25) is 0 Å². The topological polar surface area (TPSA) is 44.5 Å². The number of nitrogens with one attached hydrogen (secondary N) is 1. The maximum atomic E-state index is 13.1. The van der Waals surface area contributed by atoms with Gasteiger partial charge in [-0.2, -0.15) is 0 Å². The minimum Gasteiger partial charge on any atom is -0.329 e. The van der Waals surface area contributed by atoms with Gasteiger partial charge in [-0.1, -0.05) is 17.7 Å². The van der Waals surface area contributed by atoms with Crippen molar-refractivity contribution >= 4 is 11.6 Å². The van der Waals surface area contributed by atoms with Crippen LogP contribution in [0.3, 0.4) is 0 Å². The summed E-state index contributed by atoms with van der Waals surface area (Å²) in [4.78, 5) is 2.28. The van der Waals surface area contributed by atoms with Crippen LogP contribution in [0.1, 0.15) is 11.6 Å². The number of halogens is 2. The van der Waals surface area contributed by atoms with Crippen molar-refractivity contribution < 1.29 is 4.39 Å². The number of nitrogens with zero attached hydrogens (tertiary/aromatic N) is 2. The lowest BCUT2D eigenvalue weighted by atomic mass is 10.1. The molecule has 106 valence electrons. The summed E-state index contributed by atoms with van der Waals surface area (Å²) in [5.74, 6) is -0.330. The summed E-state index contributed by atoms with van der Waals surface area (Å²) in [7, 11) is 2.11. The molecule has 1 aliphatic rings. The molecule has 0 bridgehead atoms. The summed E-state index contributed by atoms with van der Waals surface area (Å²) in [6.45, 7) is 4.32. The molecular weight excluding hydrogens is 267 g/mol. The van der Waals surface area contributed by atoms with Crippen LogP contribution in [0.15, 0.2) is 18.2 Å². The van der Waals surface area contributed by atoms with E-state index < -0.39 is 0 Å². The lowest BCUT2D eigenvalue weighted by molar-refractivity contribution is 0.0880. The van der Waals surface area contributed by atoms with Crippen molar-refractivity contribution in [2.75, 3.05) is 39.8 Å². The average Bonchev–Trinajstić information content (AvgIpc) is 2.39. The van der Waals surface area contributed by atoms with Gasteiger partial charge in [-0.3, -0.25) is 0 Å². The van der Waals surface area contributed by atoms with Gasteiger partial charge in [0, 0.05) is 37.7 Å². The number of hydrogen-bond donors (Lipinski definition) is 2.